The fourth-order valence-electron chi connectivity index (χ4n) is 5.95. The van der Waals surface area contributed by atoms with Crippen LogP contribution in [0.1, 0.15) is 60.3 Å². The molecule has 7 atom stereocenters. The van der Waals surface area contributed by atoms with Gasteiger partial charge >= 0.3 is 0 Å². The number of fused-ring (bicyclic) bond motifs is 1. The standard InChI is InChI=1S/C26H39ClFN5O5/c1-6-13(2)17(30-24(38)26(5)8-9-26)22(36)32-12-15-16(25(15,3)4)18(32)21(35)31-33(23(37)19(27)28)11-14-7-10-29-20(14)34/h13-19H,6-12H2,1-5H3,(H,29,34)(H,30,38)(H,31,35)/t13?,14-,15-,16-,17?,18-,19?/m0/s1. The third-order valence-corrected chi connectivity index (χ3v) is 9.52. The van der Waals surface area contributed by atoms with E-state index in [2.05, 4.69) is 16.1 Å². The number of alkyl halides is 2. The smallest absolute Gasteiger partial charge is 0.291 e. The molecule has 0 bridgehead atoms. The van der Waals surface area contributed by atoms with Crippen LogP contribution in [0.25, 0.3) is 0 Å². The van der Waals surface area contributed by atoms with Crippen LogP contribution < -0.4 is 16.1 Å². The highest BCUT2D eigenvalue weighted by atomic mass is 35.5. The molecule has 2 saturated heterocycles. The Kier molecular flexibility index (Phi) is 7.73. The van der Waals surface area contributed by atoms with E-state index in [4.69, 9.17) is 11.6 Å². The van der Waals surface area contributed by atoms with Crippen LogP contribution in [0.3, 0.4) is 0 Å². The quantitative estimate of drug-likeness (QED) is 0.292. The molecular weight excluding hydrogens is 517 g/mol. The maximum Gasteiger partial charge on any atom is 0.291 e. The van der Waals surface area contributed by atoms with Crippen molar-refractivity contribution in [3.63, 3.8) is 0 Å². The first-order valence-electron chi connectivity index (χ1n) is 13.5. The van der Waals surface area contributed by atoms with Gasteiger partial charge < -0.3 is 15.5 Å². The number of nitrogens with zero attached hydrogens (tertiary/aromatic N) is 2. The highest BCUT2D eigenvalue weighted by molar-refractivity contribution is 6.29. The Balaban J connectivity index is 1.55. The molecule has 12 heteroatoms. The summed E-state index contributed by atoms with van der Waals surface area (Å²) in [5.74, 6) is -3.47. The summed E-state index contributed by atoms with van der Waals surface area (Å²) in [7, 11) is 0. The molecule has 5 amide bonds. The second-order valence-electron chi connectivity index (χ2n) is 12.3. The molecule has 38 heavy (non-hydrogen) atoms. The predicted octanol–water partition coefficient (Wildman–Crippen LogP) is 1.33. The number of hydrogen-bond acceptors (Lipinski definition) is 5. The van der Waals surface area contributed by atoms with E-state index in [1.54, 1.807) is 0 Å². The van der Waals surface area contributed by atoms with Gasteiger partial charge in [0.1, 0.15) is 12.1 Å². The Morgan fingerprint density at radius 3 is 2.42 bits per heavy atom. The summed E-state index contributed by atoms with van der Waals surface area (Å²) in [6, 6.07) is -1.71. The lowest BCUT2D eigenvalue weighted by Crippen LogP contribution is -2.60. The molecule has 0 spiro atoms. The van der Waals surface area contributed by atoms with Crippen molar-refractivity contribution < 1.29 is 28.4 Å². The van der Waals surface area contributed by atoms with Gasteiger partial charge in [-0.15, -0.1) is 0 Å². The van der Waals surface area contributed by atoms with E-state index in [1.165, 1.54) is 4.90 Å². The SMILES string of the molecule is CCC(C)C(NC(=O)C1(C)CC1)C(=O)N1C[C@H]2[C@@H]([C@H]1C(=O)NN(C[C@@H]1CCNC1=O)C(=O)C(F)Cl)C2(C)C. The Hall–Kier alpha value is -2.43. The van der Waals surface area contributed by atoms with Gasteiger partial charge in [-0.2, -0.15) is 0 Å². The first-order chi connectivity index (χ1) is 17.7. The Morgan fingerprint density at radius 1 is 1.24 bits per heavy atom. The molecule has 2 aliphatic heterocycles. The van der Waals surface area contributed by atoms with Crippen molar-refractivity contribution in [3.05, 3.63) is 0 Å². The van der Waals surface area contributed by atoms with Gasteiger partial charge in [-0.3, -0.25) is 29.4 Å². The summed E-state index contributed by atoms with van der Waals surface area (Å²) < 4.78 is 13.8. The molecule has 10 nitrogen and oxygen atoms in total. The lowest BCUT2D eigenvalue weighted by atomic mass is 9.94. The van der Waals surface area contributed by atoms with Crippen LogP contribution in [0.2, 0.25) is 0 Å². The first kappa shape index (κ1) is 28.6. The number of carbonyl (C=O) groups is 5. The van der Waals surface area contributed by atoms with Gasteiger partial charge in [0.25, 0.3) is 17.4 Å². The molecule has 2 aliphatic carbocycles. The monoisotopic (exact) mass is 555 g/mol. The van der Waals surface area contributed by atoms with Crippen LogP contribution in [0.5, 0.6) is 0 Å². The summed E-state index contributed by atoms with van der Waals surface area (Å²) >= 11 is 5.42. The van der Waals surface area contributed by atoms with E-state index in [0.29, 0.717) is 25.9 Å². The van der Waals surface area contributed by atoms with Crippen molar-refractivity contribution in [2.75, 3.05) is 19.6 Å². The number of carbonyl (C=O) groups excluding carboxylic acids is 5. The molecule has 0 aromatic carbocycles. The average Bonchev–Trinajstić information content (AvgIpc) is 3.54. The number of hydrogen-bond donors (Lipinski definition) is 3. The second-order valence-corrected chi connectivity index (χ2v) is 12.7. The van der Waals surface area contributed by atoms with Gasteiger partial charge in [0.05, 0.1) is 12.5 Å². The summed E-state index contributed by atoms with van der Waals surface area (Å²) in [5, 5.41) is 6.37. The minimum Gasteiger partial charge on any atom is -0.356 e. The van der Waals surface area contributed by atoms with Crippen LogP contribution in [-0.4, -0.2) is 76.8 Å². The molecule has 212 valence electrons. The van der Waals surface area contributed by atoms with Gasteiger partial charge in [-0.1, -0.05) is 52.6 Å². The number of amides is 5. The molecular formula is C26H39ClFN5O5. The van der Waals surface area contributed by atoms with E-state index >= 15 is 0 Å². The molecule has 3 N–H and O–H groups in total. The summed E-state index contributed by atoms with van der Waals surface area (Å²) in [5.41, 5.74) is -0.585. The minimum atomic E-state index is -2.40. The number of likely N-dealkylation sites (tertiary alicyclic amines) is 1. The van der Waals surface area contributed by atoms with Crippen LogP contribution >= 0.6 is 11.6 Å². The molecule has 0 aromatic heterocycles. The number of nitrogens with one attached hydrogen (secondary N) is 3. The molecule has 0 aromatic rings. The maximum absolute atomic E-state index is 13.9. The summed E-state index contributed by atoms with van der Waals surface area (Å²) in [6.45, 7) is 10.3. The summed E-state index contributed by atoms with van der Waals surface area (Å²) in [6.07, 6.45) is 2.62. The predicted molar refractivity (Wildman–Crippen MR) is 137 cm³/mol. The Labute approximate surface area is 227 Å². The normalized spacial score (nSPS) is 30.4. The van der Waals surface area contributed by atoms with Gasteiger partial charge in [-0.05, 0) is 42.4 Å². The van der Waals surface area contributed by atoms with Crippen molar-refractivity contribution in [2.24, 2.45) is 34.5 Å². The second kappa shape index (κ2) is 10.3. The largest absolute Gasteiger partial charge is 0.356 e. The minimum absolute atomic E-state index is 0.0724. The number of piperidine rings is 1. The number of halogens is 2. The zero-order valence-corrected chi connectivity index (χ0v) is 23.4. The van der Waals surface area contributed by atoms with Gasteiger partial charge in [0, 0.05) is 18.5 Å². The van der Waals surface area contributed by atoms with Crippen LogP contribution in [0, 0.1) is 34.5 Å². The fraction of sp³-hybridized carbons (Fsp3) is 0.808. The first-order valence-corrected chi connectivity index (χ1v) is 14.0. The van der Waals surface area contributed by atoms with Crippen molar-refractivity contribution in [1.82, 2.24) is 26.0 Å². The lowest BCUT2D eigenvalue weighted by molar-refractivity contribution is -0.150. The van der Waals surface area contributed by atoms with Crippen molar-refractivity contribution >= 4 is 41.1 Å². The molecule has 4 aliphatic rings. The average molecular weight is 556 g/mol. The molecule has 0 radical (unpaired) electrons. The Morgan fingerprint density at radius 2 is 1.89 bits per heavy atom. The van der Waals surface area contributed by atoms with Gasteiger partial charge in [-0.25, -0.2) is 9.40 Å². The maximum atomic E-state index is 13.9. The van der Waals surface area contributed by atoms with Crippen LogP contribution in [0.4, 0.5) is 4.39 Å². The van der Waals surface area contributed by atoms with E-state index in [0.717, 1.165) is 17.9 Å². The molecule has 4 fully saturated rings. The highest BCUT2D eigenvalue weighted by Gasteiger charge is 2.70. The number of hydrazine groups is 1. The lowest BCUT2D eigenvalue weighted by Gasteiger charge is -2.36. The zero-order chi connectivity index (χ0) is 28.2. The Bertz CT molecular complexity index is 1020. The molecule has 3 unspecified atom stereocenters. The number of rotatable bonds is 9. The fourth-order valence-corrected chi connectivity index (χ4v) is 6.07. The molecule has 4 rings (SSSR count). The van der Waals surface area contributed by atoms with Crippen LogP contribution in [-0.2, 0) is 24.0 Å². The van der Waals surface area contributed by atoms with Gasteiger partial charge in [0.15, 0.2) is 0 Å². The molecule has 2 heterocycles. The third-order valence-electron chi connectivity index (χ3n) is 9.34. The molecule has 2 saturated carbocycles. The third kappa shape index (κ3) is 5.22. The van der Waals surface area contributed by atoms with E-state index in [1.807, 2.05) is 34.6 Å². The van der Waals surface area contributed by atoms with Crippen molar-refractivity contribution in [3.8, 4) is 0 Å². The highest BCUT2D eigenvalue weighted by Crippen LogP contribution is 2.65. The van der Waals surface area contributed by atoms with E-state index in [-0.39, 0.29) is 47.4 Å². The van der Waals surface area contributed by atoms with Crippen molar-refractivity contribution in [2.45, 2.75) is 78.0 Å². The van der Waals surface area contributed by atoms with E-state index < -0.39 is 40.9 Å². The van der Waals surface area contributed by atoms with Gasteiger partial charge in [0.2, 0.25) is 17.7 Å². The van der Waals surface area contributed by atoms with Crippen LogP contribution in [0.15, 0.2) is 0 Å². The van der Waals surface area contributed by atoms with Crippen molar-refractivity contribution in [1.29, 1.82) is 0 Å². The zero-order valence-electron chi connectivity index (χ0n) is 22.7. The topological polar surface area (TPSA) is 128 Å². The van der Waals surface area contributed by atoms with E-state index in [9.17, 15) is 28.4 Å². The summed E-state index contributed by atoms with van der Waals surface area (Å²) in [4.78, 5) is 66.5.